The summed E-state index contributed by atoms with van der Waals surface area (Å²) in [6.45, 7) is 6.86. The van der Waals surface area contributed by atoms with Crippen LogP contribution in [0.25, 0.3) is 0 Å². The number of hydrogen-bond donors (Lipinski definition) is 1. The Hall–Kier alpha value is -0.360. The van der Waals surface area contributed by atoms with E-state index < -0.39 is 0 Å². The lowest BCUT2D eigenvalue weighted by Crippen LogP contribution is -2.40. The predicted octanol–water partition coefficient (Wildman–Crippen LogP) is 2.57. The fourth-order valence-electron chi connectivity index (χ4n) is 2.93. The van der Waals surface area contributed by atoms with Gasteiger partial charge in [0, 0.05) is 13.1 Å². The van der Waals surface area contributed by atoms with E-state index in [-0.39, 0.29) is 6.10 Å². The molecule has 0 saturated carbocycles. The molecule has 1 saturated heterocycles. The molecule has 5 heteroatoms. The average Bonchev–Trinajstić information content (AvgIpc) is 2.76. The second-order valence-electron chi connectivity index (χ2n) is 6.00. The average molecular weight is 345 g/mol. The van der Waals surface area contributed by atoms with Gasteiger partial charge >= 0.3 is 0 Å². The number of aliphatic hydroxyl groups excluding tert-OH is 1. The van der Waals surface area contributed by atoms with Gasteiger partial charge in [0.05, 0.1) is 12.6 Å². The summed E-state index contributed by atoms with van der Waals surface area (Å²) in [4.78, 5) is 4.70. The third kappa shape index (κ3) is 5.20. The molecule has 1 N–H and O–H groups in total. The van der Waals surface area contributed by atoms with Gasteiger partial charge in [-0.3, -0.25) is 4.90 Å². The summed E-state index contributed by atoms with van der Waals surface area (Å²) < 4.78 is 6.34. The molecule has 114 valence electrons. The van der Waals surface area contributed by atoms with Gasteiger partial charge in [-0.05, 0) is 73.9 Å². The van der Waals surface area contributed by atoms with Crippen LogP contribution in [0.1, 0.15) is 25.5 Å². The van der Waals surface area contributed by atoms with E-state index in [1.165, 1.54) is 12.8 Å². The van der Waals surface area contributed by atoms with Crippen molar-refractivity contribution < 1.29 is 9.52 Å². The van der Waals surface area contributed by atoms with Crippen LogP contribution in [0.3, 0.4) is 0 Å². The standard InChI is InChI=1S/C15H25BrN2O2/c1-12(19)9-18-7-5-13(6-8-18)10-17(2)11-14-3-4-15(16)20-14/h3-4,12-13,19H,5-11H2,1-2H3/t12-/m1/s1. The van der Waals surface area contributed by atoms with Gasteiger partial charge in [0.2, 0.25) is 0 Å². The minimum absolute atomic E-state index is 0.216. The van der Waals surface area contributed by atoms with E-state index in [4.69, 9.17) is 4.42 Å². The first-order chi connectivity index (χ1) is 9.52. The van der Waals surface area contributed by atoms with E-state index in [9.17, 15) is 5.11 Å². The summed E-state index contributed by atoms with van der Waals surface area (Å²) in [5.74, 6) is 1.76. The number of rotatable bonds is 6. The summed E-state index contributed by atoms with van der Waals surface area (Å²) in [6, 6.07) is 3.96. The number of halogens is 1. The van der Waals surface area contributed by atoms with Crippen LogP contribution in [0.15, 0.2) is 21.2 Å². The molecule has 0 bridgehead atoms. The molecule has 0 unspecified atom stereocenters. The van der Waals surface area contributed by atoms with Crippen molar-refractivity contribution in [3.8, 4) is 0 Å². The van der Waals surface area contributed by atoms with E-state index in [1.54, 1.807) is 0 Å². The Balaban J connectivity index is 1.69. The maximum atomic E-state index is 9.42. The largest absolute Gasteiger partial charge is 0.453 e. The molecule has 1 aliphatic rings. The second-order valence-corrected chi connectivity index (χ2v) is 6.78. The Kier molecular flexibility index (Phi) is 6.08. The van der Waals surface area contributed by atoms with E-state index in [0.717, 1.165) is 49.1 Å². The fraction of sp³-hybridized carbons (Fsp3) is 0.733. The van der Waals surface area contributed by atoms with Crippen molar-refractivity contribution in [1.29, 1.82) is 0 Å². The Bertz CT molecular complexity index is 400. The molecular weight excluding hydrogens is 320 g/mol. The highest BCUT2D eigenvalue weighted by molar-refractivity contribution is 9.10. The Morgan fingerprint density at radius 1 is 1.45 bits per heavy atom. The van der Waals surface area contributed by atoms with Gasteiger partial charge in [0.25, 0.3) is 0 Å². The quantitative estimate of drug-likeness (QED) is 0.860. The number of nitrogens with zero attached hydrogens (tertiary/aromatic N) is 2. The van der Waals surface area contributed by atoms with Gasteiger partial charge in [-0.2, -0.15) is 0 Å². The normalized spacial score (nSPS) is 19.6. The molecule has 0 aromatic carbocycles. The van der Waals surface area contributed by atoms with Crippen LogP contribution in [0, 0.1) is 5.92 Å². The molecule has 0 amide bonds. The van der Waals surface area contributed by atoms with Crippen molar-refractivity contribution in [3.05, 3.63) is 22.6 Å². The number of hydrogen-bond acceptors (Lipinski definition) is 4. The highest BCUT2D eigenvalue weighted by Crippen LogP contribution is 2.20. The van der Waals surface area contributed by atoms with Gasteiger partial charge in [-0.25, -0.2) is 0 Å². The van der Waals surface area contributed by atoms with Crippen LogP contribution in [0.5, 0.6) is 0 Å². The fourth-order valence-corrected chi connectivity index (χ4v) is 3.27. The predicted molar refractivity (Wildman–Crippen MR) is 83.6 cm³/mol. The molecule has 1 aliphatic heterocycles. The van der Waals surface area contributed by atoms with Gasteiger partial charge in [0.15, 0.2) is 4.67 Å². The van der Waals surface area contributed by atoms with Crippen molar-refractivity contribution in [2.75, 3.05) is 33.2 Å². The number of piperidine rings is 1. The van der Waals surface area contributed by atoms with Gasteiger partial charge in [-0.1, -0.05) is 0 Å². The van der Waals surface area contributed by atoms with Gasteiger partial charge < -0.3 is 14.4 Å². The topological polar surface area (TPSA) is 39.9 Å². The van der Waals surface area contributed by atoms with E-state index in [0.29, 0.717) is 0 Å². The smallest absolute Gasteiger partial charge is 0.169 e. The Labute approximate surface area is 129 Å². The van der Waals surface area contributed by atoms with Gasteiger partial charge in [0.1, 0.15) is 5.76 Å². The molecule has 2 rings (SSSR count). The zero-order valence-electron chi connectivity index (χ0n) is 12.4. The number of likely N-dealkylation sites (tertiary alicyclic amines) is 1. The monoisotopic (exact) mass is 344 g/mol. The van der Waals surface area contributed by atoms with Crippen LogP contribution >= 0.6 is 15.9 Å². The van der Waals surface area contributed by atoms with Crippen LogP contribution in [-0.2, 0) is 6.54 Å². The third-order valence-electron chi connectivity index (χ3n) is 3.85. The summed E-state index contributed by atoms with van der Waals surface area (Å²) in [7, 11) is 2.15. The molecule has 1 fully saturated rings. The molecule has 0 radical (unpaired) electrons. The Morgan fingerprint density at radius 2 is 2.15 bits per heavy atom. The number of aliphatic hydroxyl groups is 1. The van der Waals surface area contributed by atoms with Crippen LogP contribution < -0.4 is 0 Å². The van der Waals surface area contributed by atoms with Crippen molar-refractivity contribution in [1.82, 2.24) is 9.80 Å². The molecule has 0 spiro atoms. The lowest BCUT2D eigenvalue weighted by Gasteiger charge is -2.34. The van der Waals surface area contributed by atoms with Crippen molar-refractivity contribution in [2.24, 2.45) is 5.92 Å². The maximum absolute atomic E-state index is 9.42. The lowest BCUT2D eigenvalue weighted by atomic mass is 9.96. The zero-order valence-corrected chi connectivity index (χ0v) is 14.0. The molecule has 20 heavy (non-hydrogen) atoms. The molecule has 0 aliphatic carbocycles. The van der Waals surface area contributed by atoms with Crippen LogP contribution in [0.2, 0.25) is 0 Å². The van der Waals surface area contributed by atoms with Crippen molar-refractivity contribution >= 4 is 15.9 Å². The SMILES string of the molecule is C[C@@H](O)CN1CCC(CN(C)Cc2ccc(Br)o2)CC1. The Morgan fingerprint density at radius 3 is 2.70 bits per heavy atom. The summed E-state index contributed by atoms with van der Waals surface area (Å²) in [6.07, 6.45) is 2.23. The first-order valence-corrected chi connectivity index (χ1v) is 8.15. The third-order valence-corrected chi connectivity index (χ3v) is 4.28. The molecule has 1 atom stereocenters. The molecule has 1 aromatic heterocycles. The van der Waals surface area contributed by atoms with Crippen molar-refractivity contribution in [3.63, 3.8) is 0 Å². The first-order valence-electron chi connectivity index (χ1n) is 7.36. The summed E-state index contributed by atoms with van der Waals surface area (Å²) in [5.41, 5.74) is 0. The number of β-amino-alcohol motifs (C(OH)–C–C–N with tert-alkyl or cyclic N) is 1. The summed E-state index contributed by atoms with van der Waals surface area (Å²) >= 11 is 3.34. The number of furan rings is 1. The summed E-state index contributed by atoms with van der Waals surface area (Å²) in [5, 5.41) is 9.42. The lowest BCUT2D eigenvalue weighted by molar-refractivity contribution is 0.0912. The maximum Gasteiger partial charge on any atom is 0.169 e. The van der Waals surface area contributed by atoms with Crippen LogP contribution in [0.4, 0.5) is 0 Å². The van der Waals surface area contributed by atoms with Crippen molar-refractivity contribution in [2.45, 2.75) is 32.4 Å². The molecule has 2 heterocycles. The highest BCUT2D eigenvalue weighted by Gasteiger charge is 2.21. The van der Waals surface area contributed by atoms with E-state index >= 15 is 0 Å². The van der Waals surface area contributed by atoms with Gasteiger partial charge in [-0.15, -0.1) is 0 Å². The minimum atomic E-state index is -0.216. The molecule has 1 aromatic rings. The molecule has 4 nitrogen and oxygen atoms in total. The first kappa shape index (κ1) is 16.0. The second kappa shape index (κ2) is 7.59. The molecular formula is C15H25BrN2O2. The highest BCUT2D eigenvalue weighted by atomic mass is 79.9. The zero-order chi connectivity index (χ0) is 14.5. The minimum Gasteiger partial charge on any atom is -0.453 e. The van der Waals surface area contributed by atoms with E-state index in [2.05, 4.69) is 32.8 Å². The van der Waals surface area contributed by atoms with E-state index in [1.807, 2.05) is 19.1 Å². The van der Waals surface area contributed by atoms with Crippen LogP contribution in [-0.4, -0.2) is 54.2 Å².